The van der Waals surface area contributed by atoms with Crippen molar-refractivity contribution in [2.45, 2.75) is 25.3 Å². The molecule has 0 aliphatic carbocycles. The van der Waals surface area contributed by atoms with E-state index in [2.05, 4.69) is 36.9 Å². The van der Waals surface area contributed by atoms with Crippen LogP contribution in [0.25, 0.3) is 0 Å². The molecule has 2 nitrogen and oxygen atoms in total. The lowest BCUT2D eigenvalue weighted by atomic mass is 10.00. The first-order valence-electron chi connectivity index (χ1n) is 5.64. The third-order valence-corrected chi connectivity index (χ3v) is 3.36. The number of anilines is 1. The molecule has 0 atom stereocenters. The summed E-state index contributed by atoms with van der Waals surface area (Å²) in [6, 6.07) is 8.34. The van der Waals surface area contributed by atoms with E-state index in [0.717, 1.165) is 19.8 Å². The van der Waals surface area contributed by atoms with Gasteiger partial charge < -0.3 is 9.64 Å². The maximum atomic E-state index is 5.99. The second-order valence-corrected chi connectivity index (χ2v) is 5.05. The van der Waals surface area contributed by atoms with Gasteiger partial charge in [0.2, 0.25) is 0 Å². The minimum absolute atomic E-state index is 0.0421. The third-order valence-electron chi connectivity index (χ3n) is 3.07. The molecule has 1 fully saturated rings. The van der Waals surface area contributed by atoms with E-state index in [9.17, 15) is 0 Å². The number of hydrogen-bond acceptors (Lipinski definition) is 2. The zero-order valence-electron chi connectivity index (χ0n) is 9.87. The molecule has 0 unspecified atom stereocenters. The van der Waals surface area contributed by atoms with Gasteiger partial charge in [0.1, 0.15) is 0 Å². The average molecular weight is 240 g/mol. The number of nitrogens with zero attached hydrogens (tertiary/aromatic N) is 1. The molecule has 0 N–H and O–H groups in total. The number of rotatable bonds is 2. The monoisotopic (exact) mass is 239 g/mol. The highest BCUT2D eigenvalue weighted by Crippen LogP contribution is 2.30. The van der Waals surface area contributed by atoms with Crippen LogP contribution < -0.4 is 4.90 Å². The molecule has 0 bridgehead atoms. The molecule has 0 aromatic heterocycles. The minimum Gasteiger partial charge on any atom is -0.377 e. The van der Waals surface area contributed by atoms with E-state index in [0.29, 0.717) is 5.88 Å². The Balaban J connectivity index is 2.34. The van der Waals surface area contributed by atoms with E-state index in [-0.39, 0.29) is 5.54 Å². The van der Waals surface area contributed by atoms with Gasteiger partial charge in [0, 0.05) is 18.1 Å². The van der Waals surface area contributed by atoms with Gasteiger partial charge in [0.05, 0.1) is 18.8 Å². The summed E-state index contributed by atoms with van der Waals surface area (Å²) < 4.78 is 5.54. The molecule has 0 saturated carbocycles. The van der Waals surface area contributed by atoms with Crippen LogP contribution >= 0.6 is 11.6 Å². The molecule has 1 aromatic carbocycles. The molecule has 1 saturated heterocycles. The van der Waals surface area contributed by atoms with Crippen LogP contribution in [0.4, 0.5) is 5.69 Å². The second kappa shape index (κ2) is 4.64. The van der Waals surface area contributed by atoms with E-state index in [1.165, 1.54) is 11.3 Å². The Morgan fingerprint density at radius 3 is 2.81 bits per heavy atom. The molecular weight excluding hydrogens is 222 g/mol. The molecule has 16 heavy (non-hydrogen) atoms. The van der Waals surface area contributed by atoms with Gasteiger partial charge >= 0.3 is 0 Å². The van der Waals surface area contributed by atoms with Gasteiger partial charge in [-0.05, 0) is 25.5 Å². The standard InChI is InChI=1S/C13H18ClNO/c1-13(2)10-16-8-7-15(13)12-6-4-3-5-11(12)9-14/h3-6H,7-10H2,1-2H3. The quantitative estimate of drug-likeness (QED) is 0.736. The third kappa shape index (κ3) is 2.18. The fraction of sp³-hybridized carbons (Fsp3) is 0.538. The number of ether oxygens (including phenoxy) is 1. The van der Waals surface area contributed by atoms with Crippen molar-refractivity contribution in [3.63, 3.8) is 0 Å². The van der Waals surface area contributed by atoms with Gasteiger partial charge in [-0.1, -0.05) is 18.2 Å². The first kappa shape index (κ1) is 11.7. The highest BCUT2D eigenvalue weighted by Gasteiger charge is 2.31. The van der Waals surface area contributed by atoms with Crippen LogP contribution in [0.1, 0.15) is 19.4 Å². The van der Waals surface area contributed by atoms with Crippen molar-refractivity contribution < 1.29 is 4.74 Å². The molecule has 88 valence electrons. The SMILES string of the molecule is CC1(C)COCCN1c1ccccc1CCl. The molecule has 1 aliphatic heterocycles. The average Bonchev–Trinajstić information content (AvgIpc) is 2.28. The second-order valence-electron chi connectivity index (χ2n) is 4.78. The van der Waals surface area contributed by atoms with Crippen molar-refractivity contribution in [1.82, 2.24) is 0 Å². The topological polar surface area (TPSA) is 12.5 Å². The van der Waals surface area contributed by atoms with E-state index in [1.54, 1.807) is 0 Å². The summed E-state index contributed by atoms with van der Waals surface area (Å²) in [5.74, 6) is 0.559. The van der Waals surface area contributed by atoms with Crippen LogP contribution in [-0.2, 0) is 10.6 Å². The number of benzene rings is 1. The van der Waals surface area contributed by atoms with Gasteiger partial charge in [0.15, 0.2) is 0 Å². The molecular formula is C13H18ClNO. The largest absolute Gasteiger partial charge is 0.377 e. The van der Waals surface area contributed by atoms with Crippen LogP contribution in [-0.4, -0.2) is 25.3 Å². The van der Waals surface area contributed by atoms with Gasteiger partial charge in [-0.15, -0.1) is 11.6 Å². The molecule has 1 heterocycles. The maximum Gasteiger partial charge on any atom is 0.0694 e. The maximum absolute atomic E-state index is 5.99. The lowest BCUT2D eigenvalue weighted by molar-refractivity contribution is 0.0643. The zero-order valence-corrected chi connectivity index (χ0v) is 10.6. The molecule has 2 rings (SSSR count). The molecule has 1 aliphatic rings. The van der Waals surface area contributed by atoms with Crippen molar-refractivity contribution in [1.29, 1.82) is 0 Å². The first-order chi connectivity index (χ1) is 7.65. The van der Waals surface area contributed by atoms with E-state index < -0.39 is 0 Å². The lowest BCUT2D eigenvalue weighted by Crippen LogP contribution is -2.53. The molecule has 3 heteroatoms. The Kier molecular flexibility index (Phi) is 3.41. The minimum atomic E-state index is 0.0421. The van der Waals surface area contributed by atoms with Crippen molar-refractivity contribution in [2.75, 3.05) is 24.7 Å². The fourth-order valence-corrected chi connectivity index (χ4v) is 2.42. The van der Waals surface area contributed by atoms with Crippen LogP contribution in [0.5, 0.6) is 0 Å². The van der Waals surface area contributed by atoms with Gasteiger partial charge in [-0.25, -0.2) is 0 Å². The molecule has 1 aromatic rings. The van der Waals surface area contributed by atoms with Gasteiger partial charge in [-0.2, -0.15) is 0 Å². The van der Waals surface area contributed by atoms with Gasteiger partial charge in [-0.3, -0.25) is 0 Å². The Labute approximate surface area is 102 Å². The predicted molar refractivity (Wildman–Crippen MR) is 68.2 cm³/mol. The Morgan fingerprint density at radius 2 is 2.12 bits per heavy atom. The predicted octanol–water partition coefficient (Wildman–Crippen LogP) is 3.04. The number of halogens is 1. The van der Waals surface area contributed by atoms with Crippen molar-refractivity contribution in [2.24, 2.45) is 0 Å². The summed E-state index contributed by atoms with van der Waals surface area (Å²) in [4.78, 5) is 2.40. The zero-order chi connectivity index (χ0) is 11.6. The highest BCUT2D eigenvalue weighted by atomic mass is 35.5. The number of hydrogen-bond donors (Lipinski definition) is 0. The Hall–Kier alpha value is -0.730. The van der Waals surface area contributed by atoms with E-state index >= 15 is 0 Å². The first-order valence-corrected chi connectivity index (χ1v) is 6.18. The van der Waals surface area contributed by atoms with Crippen LogP contribution in [0.15, 0.2) is 24.3 Å². The Bertz CT molecular complexity index is 365. The number of alkyl halides is 1. The normalized spacial score (nSPS) is 19.8. The van der Waals surface area contributed by atoms with E-state index in [4.69, 9.17) is 16.3 Å². The summed E-state index contributed by atoms with van der Waals surface area (Å²) in [6.07, 6.45) is 0. The van der Waals surface area contributed by atoms with Crippen LogP contribution in [0, 0.1) is 0 Å². The van der Waals surface area contributed by atoms with Crippen molar-refractivity contribution >= 4 is 17.3 Å². The summed E-state index contributed by atoms with van der Waals surface area (Å²) in [7, 11) is 0. The smallest absolute Gasteiger partial charge is 0.0694 e. The van der Waals surface area contributed by atoms with E-state index in [1.807, 2.05) is 6.07 Å². The Morgan fingerprint density at radius 1 is 1.38 bits per heavy atom. The van der Waals surface area contributed by atoms with Gasteiger partial charge in [0.25, 0.3) is 0 Å². The van der Waals surface area contributed by atoms with Crippen molar-refractivity contribution in [3.05, 3.63) is 29.8 Å². The lowest BCUT2D eigenvalue weighted by Gasteiger charge is -2.44. The van der Waals surface area contributed by atoms with Crippen LogP contribution in [0.3, 0.4) is 0 Å². The summed E-state index contributed by atoms with van der Waals surface area (Å²) in [5, 5.41) is 0. The highest BCUT2D eigenvalue weighted by molar-refractivity contribution is 6.17. The molecule has 0 spiro atoms. The summed E-state index contributed by atoms with van der Waals surface area (Å²) in [6.45, 7) is 6.90. The van der Waals surface area contributed by atoms with Crippen molar-refractivity contribution in [3.8, 4) is 0 Å². The summed E-state index contributed by atoms with van der Waals surface area (Å²) >= 11 is 5.99. The summed E-state index contributed by atoms with van der Waals surface area (Å²) in [5.41, 5.74) is 2.48. The number of morpholine rings is 1. The number of para-hydroxylation sites is 1. The van der Waals surface area contributed by atoms with Crippen LogP contribution in [0.2, 0.25) is 0 Å². The molecule has 0 amide bonds. The molecule has 0 radical (unpaired) electrons. The fourth-order valence-electron chi connectivity index (χ4n) is 2.19.